The number of amides is 2. The molecule has 246 valence electrons. The van der Waals surface area contributed by atoms with Gasteiger partial charge in [0, 0.05) is 33.3 Å². The molecule has 2 aromatic carbocycles. The van der Waals surface area contributed by atoms with Crippen LogP contribution in [0.15, 0.2) is 47.5 Å². The second-order valence-corrected chi connectivity index (χ2v) is 14.0. The molecule has 13 heteroatoms. The van der Waals surface area contributed by atoms with Gasteiger partial charge in [-0.25, -0.2) is 9.59 Å². The number of aromatic carboxylic acids is 1. The number of rotatable bonds is 9. The number of ether oxygens (including phenoxy) is 1. The summed E-state index contributed by atoms with van der Waals surface area (Å²) in [4.78, 5) is 43.8. The summed E-state index contributed by atoms with van der Waals surface area (Å²) in [5.41, 5.74) is 4.05. The fourth-order valence-corrected chi connectivity index (χ4v) is 6.71. The monoisotopic (exact) mass is 676 g/mol. The van der Waals surface area contributed by atoms with Gasteiger partial charge < -0.3 is 20.5 Å². The highest BCUT2D eigenvalue weighted by Gasteiger charge is 2.32. The third-order valence-corrected chi connectivity index (χ3v) is 9.10. The van der Waals surface area contributed by atoms with E-state index in [1.165, 1.54) is 6.07 Å². The Morgan fingerprint density at radius 1 is 1.06 bits per heavy atom. The average Bonchev–Trinajstić information content (AvgIpc) is 3.47. The highest BCUT2D eigenvalue weighted by atomic mass is 35.5. The van der Waals surface area contributed by atoms with Crippen molar-refractivity contribution in [3.05, 3.63) is 91.8 Å². The number of carbonyl (C=O) groups is 3. The Morgan fingerprint density at radius 2 is 1.79 bits per heavy atom. The first kappa shape index (κ1) is 33.8. The van der Waals surface area contributed by atoms with Gasteiger partial charge in [0.1, 0.15) is 22.5 Å². The van der Waals surface area contributed by atoms with Gasteiger partial charge in [-0.15, -0.1) is 21.5 Å². The minimum absolute atomic E-state index is 0.0529. The lowest BCUT2D eigenvalue weighted by Gasteiger charge is -2.19. The van der Waals surface area contributed by atoms with E-state index in [9.17, 15) is 19.5 Å². The summed E-state index contributed by atoms with van der Waals surface area (Å²) in [6.45, 7) is 11.7. The first-order chi connectivity index (χ1) is 22.2. The van der Waals surface area contributed by atoms with Crippen molar-refractivity contribution in [3.8, 4) is 5.00 Å². The maximum absolute atomic E-state index is 13.5. The van der Waals surface area contributed by atoms with Crippen LogP contribution >= 0.6 is 22.9 Å². The number of aryl methyl sites for hydroxylation is 3. The van der Waals surface area contributed by atoms with Crippen molar-refractivity contribution in [2.75, 3.05) is 11.9 Å². The summed E-state index contributed by atoms with van der Waals surface area (Å²) in [6, 6.07) is 11.6. The quantitative estimate of drug-likeness (QED) is 0.162. The van der Waals surface area contributed by atoms with E-state index in [-0.39, 0.29) is 17.9 Å². The largest absolute Gasteiger partial charge is 0.478 e. The zero-order valence-corrected chi connectivity index (χ0v) is 28.7. The number of thiophene rings is 1. The molecule has 5 rings (SSSR count). The number of carboxylic acids is 1. The number of aliphatic imine (C=N–C) groups is 1. The van der Waals surface area contributed by atoms with Crippen molar-refractivity contribution in [1.29, 1.82) is 0 Å². The predicted octanol–water partition coefficient (Wildman–Crippen LogP) is 6.98. The number of hydrogen-bond acceptors (Lipinski definition) is 8. The van der Waals surface area contributed by atoms with Crippen molar-refractivity contribution in [3.63, 3.8) is 0 Å². The van der Waals surface area contributed by atoms with Crippen molar-refractivity contribution in [2.45, 2.75) is 72.4 Å². The summed E-state index contributed by atoms with van der Waals surface area (Å²) in [5, 5.41) is 25.8. The number of carbonyl (C=O) groups excluding carboxylic acids is 2. The molecule has 0 saturated heterocycles. The molecule has 2 amide bonds. The molecule has 0 unspecified atom stereocenters. The SMILES string of the molecule is Cc1sc2c(c1C)C(c1ccc(Cl)cc1)=N[C@@H](CC(=O)Nc1ccc(CCCNC(=O)OC(C)(C)C)c(C(=O)O)c1)c1nnc(C)n1-2. The van der Waals surface area contributed by atoms with Gasteiger partial charge in [0.15, 0.2) is 5.82 Å². The standard InChI is InChI=1S/C34H37ClN6O5S/c1-18-19(2)47-31-28(18)29(22-9-12-23(35)13-10-22)38-26(30-40-39-20(3)41(30)31)17-27(42)37-24-14-11-21(25(16-24)32(43)44)8-7-15-36-33(45)46-34(4,5)6/h9-14,16,26H,7-8,15,17H2,1-6H3,(H,36,45)(H,37,42)(H,43,44)/t26-/m0/s1. The molecule has 0 radical (unpaired) electrons. The van der Waals surface area contributed by atoms with Crippen LogP contribution in [0.3, 0.4) is 0 Å². The fourth-order valence-electron chi connectivity index (χ4n) is 5.37. The van der Waals surface area contributed by atoms with E-state index in [0.717, 1.165) is 32.3 Å². The molecule has 0 bridgehead atoms. The number of hydrogen-bond donors (Lipinski definition) is 3. The molecule has 2 aromatic heterocycles. The summed E-state index contributed by atoms with van der Waals surface area (Å²) in [7, 11) is 0. The average molecular weight is 677 g/mol. The van der Waals surface area contributed by atoms with Gasteiger partial charge in [-0.1, -0.05) is 29.8 Å². The number of benzene rings is 2. The van der Waals surface area contributed by atoms with Gasteiger partial charge >= 0.3 is 12.1 Å². The zero-order chi connectivity index (χ0) is 34.0. The van der Waals surface area contributed by atoms with Crippen LogP contribution < -0.4 is 10.6 Å². The van der Waals surface area contributed by atoms with Crippen LogP contribution in [0.5, 0.6) is 0 Å². The molecule has 0 spiro atoms. The lowest BCUT2D eigenvalue weighted by atomic mass is 9.99. The zero-order valence-electron chi connectivity index (χ0n) is 27.1. The maximum atomic E-state index is 13.5. The Labute approximate surface area is 282 Å². The Bertz CT molecular complexity index is 1870. The van der Waals surface area contributed by atoms with Gasteiger partial charge in [0.05, 0.1) is 17.7 Å². The van der Waals surface area contributed by atoms with Crippen LogP contribution in [0.4, 0.5) is 10.5 Å². The second kappa shape index (κ2) is 13.7. The minimum atomic E-state index is -1.11. The van der Waals surface area contributed by atoms with Crippen molar-refractivity contribution >= 4 is 52.3 Å². The van der Waals surface area contributed by atoms with E-state index in [4.69, 9.17) is 21.3 Å². The molecular weight excluding hydrogens is 640 g/mol. The third-order valence-electron chi connectivity index (χ3n) is 7.65. The Morgan fingerprint density at radius 3 is 2.47 bits per heavy atom. The highest BCUT2D eigenvalue weighted by Crippen LogP contribution is 2.39. The number of carboxylic acid groups (broad SMARTS) is 1. The fraction of sp³-hybridized carbons (Fsp3) is 0.353. The Balaban J connectivity index is 1.36. The molecule has 1 atom stereocenters. The summed E-state index contributed by atoms with van der Waals surface area (Å²) in [6.07, 6.45) is 0.337. The molecule has 0 saturated carbocycles. The van der Waals surface area contributed by atoms with Crippen molar-refractivity contribution in [1.82, 2.24) is 20.1 Å². The number of nitrogens with one attached hydrogen (secondary N) is 2. The van der Waals surface area contributed by atoms with Crippen LogP contribution in [0.25, 0.3) is 5.00 Å². The number of aromatic nitrogens is 3. The molecule has 0 fully saturated rings. The van der Waals surface area contributed by atoms with Crippen LogP contribution in [-0.2, 0) is 16.0 Å². The third kappa shape index (κ3) is 7.71. The van der Waals surface area contributed by atoms with Crippen molar-refractivity contribution < 1.29 is 24.2 Å². The molecular formula is C34H37ClN6O5S. The molecule has 1 aliphatic rings. The normalized spacial score (nSPS) is 14.0. The molecule has 11 nitrogen and oxygen atoms in total. The van der Waals surface area contributed by atoms with E-state index in [1.807, 2.05) is 35.8 Å². The van der Waals surface area contributed by atoms with Gasteiger partial charge in [0.25, 0.3) is 0 Å². The second-order valence-electron chi connectivity index (χ2n) is 12.4. The van der Waals surface area contributed by atoms with Crippen LogP contribution in [0.1, 0.15) is 88.8 Å². The summed E-state index contributed by atoms with van der Waals surface area (Å²) in [5.74, 6) is -0.239. The Kier molecular flexibility index (Phi) is 9.83. The van der Waals surface area contributed by atoms with Gasteiger partial charge in [-0.2, -0.15) is 0 Å². The number of nitrogens with zero attached hydrogens (tertiary/aromatic N) is 4. The molecule has 47 heavy (non-hydrogen) atoms. The first-order valence-corrected chi connectivity index (χ1v) is 16.4. The van der Waals surface area contributed by atoms with Crippen LogP contribution in [0.2, 0.25) is 5.02 Å². The van der Waals surface area contributed by atoms with E-state index in [2.05, 4.69) is 34.7 Å². The molecule has 4 aromatic rings. The van der Waals surface area contributed by atoms with Gasteiger partial charge in [-0.05, 0) is 89.8 Å². The lowest BCUT2D eigenvalue weighted by Crippen LogP contribution is -2.33. The molecule has 3 heterocycles. The smallest absolute Gasteiger partial charge is 0.407 e. The summed E-state index contributed by atoms with van der Waals surface area (Å²) >= 11 is 7.83. The molecule has 3 N–H and O–H groups in total. The molecule has 0 aliphatic carbocycles. The van der Waals surface area contributed by atoms with Crippen molar-refractivity contribution in [2.24, 2.45) is 4.99 Å². The van der Waals surface area contributed by atoms with E-state index in [0.29, 0.717) is 47.3 Å². The predicted molar refractivity (Wildman–Crippen MR) is 182 cm³/mol. The topological polar surface area (TPSA) is 148 Å². The van der Waals surface area contributed by atoms with Crippen LogP contribution in [-0.4, -0.2) is 55.7 Å². The lowest BCUT2D eigenvalue weighted by molar-refractivity contribution is -0.116. The summed E-state index contributed by atoms with van der Waals surface area (Å²) < 4.78 is 7.21. The minimum Gasteiger partial charge on any atom is -0.478 e. The number of alkyl carbamates (subject to hydrolysis) is 1. The maximum Gasteiger partial charge on any atom is 0.407 e. The van der Waals surface area contributed by atoms with E-state index >= 15 is 0 Å². The van der Waals surface area contributed by atoms with E-state index in [1.54, 1.807) is 44.2 Å². The highest BCUT2D eigenvalue weighted by molar-refractivity contribution is 7.15. The Hall–Kier alpha value is -4.55. The van der Waals surface area contributed by atoms with E-state index < -0.39 is 23.7 Å². The number of anilines is 1. The van der Waals surface area contributed by atoms with Crippen LogP contribution in [0, 0.1) is 20.8 Å². The number of halogens is 1. The molecule has 1 aliphatic heterocycles. The van der Waals surface area contributed by atoms with Gasteiger partial charge in [0.2, 0.25) is 5.91 Å². The first-order valence-electron chi connectivity index (χ1n) is 15.2. The number of fused-ring (bicyclic) bond motifs is 3. The van der Waals surface area contributed by atoms with Gasteiger partial charge in [-0.3, -0.25) is 14.4 Å².